The van der Waals surface area contributed by atoms with Crippen molar-refractivity contribution >= 4 is 28.5 Å². The smallest absolute Gasteiger partial charge is 0.240 e. The minimum absolute atomic E-state index is 0.0548. The minimum Gasteiger partial charge on any atom is -0.494 e. The summed E-state index contributed by atoms with van der Waals surface area (Å²) in [5, 5.41) is 3.57. The molecule has 6 heteroatoms. The van der Waals surface area contributed by atoms with Gasteiger partial charge < -0.3 is 14.6 Å². The highest BCUT2D eigenvalue weighted by Crippen LogP contribution is 2.29. The standard InChI is InChI=1S/C22H26ClN3O2/c1-4-5-11-28-18-9-10-20-19(13-18)25-22(16-7-6-8-17(23)12-16)26(20)14-21(27)24-15(2)3/h6-10,12-13,15H,4-5,11,14H2,1-3H3,(H,24,27). The number of halogens is 1. The third kappa shape index (κ3) is 4.84. The van der Waals surface area contributed by atoms with E-state index < -0.39 is 0 Å². The van der Waals surface area contributed by atoms with Crippen LogP contribution in [0.2, 0.25) is 5.02 Å². The minimum atomic E-state index is -0.0548. The van der Waals surface area contributed by atoms with E-state index in [-0.39, 0.29) is 18.5 Å². The molecule has 28 heavy (non-hydrogen) atoms. The molecule has 0 spiro atoms. The quantitative estimate of drug-likeness (QED) is 0.538. The number of rotatable bonds is 8. The summed E-state index contributed by atoms with van der Waals surface area (Å²) in [5.74, 6) is 1.44. The summed E-state index contributed by atoms with van der Waals surface area (Å²) in [5.41, 5.74) is 2.55. The van der Waals surface area contributed by atoms with Crippen molar-refractivity contribution < 1.29 is 9.53 Å². The number of hydrogen-bond donors (Lipinski definition) is 1. The molecule has 3 rings (SSSR count). The van der Waals surface area contributed by atoms with Gasteiger partial charge in [-0.25, -0.2) is 4.98 Å². The average Bonchev–Trinajstić information content (AvgIpc) is 2.99. The maximum Gasteiger partial charge on any atom is 0.240 e. The van der Waals surface area contributed by atoms with E-state index in [1.54, 1.807) is 0 Å². The van der Waals surface area contributed by atoms with Gasteiger partial charge in [0.05, 0.1) is 17.6 Å². The van der Waals surface area contributed by atoms with Crippen LogP contribution in [0.4, 0.5) is 0 Å². The zero-order valence-electron chi connectivity index (χ0n) is 16.5. The summed E-state index contributed by atoms with van der Waals surface area (Å²) in [6.45, 7) is 6.89. The molecular formula is C22H26ClN3O2. The second-order valence-corrected chi connectivity index (χ2v) is 7.54. The first-order valence-corrected chi connectivity index (χ1v) is 10.0. The predicted octanol–water partition coefficient (Wildman–Crippen LogP) is 5.06. The van der Waals surface area contributed by atoms with Gasteiger partial charge in [-0.05, 0) is 44.5 Å². The number of hydrogen-bond acceptors (Lipinski definition) is 3. The molecule has 5 nitrogen and oxygen atoms in total. The molecule has 0 atom stereocenters. The molecule has 0 bridgehead atoms. The number of aromatic nitrogens is 2. The lowest BCUT2D eigenvalue weighted by molar-refractivity contribution is -0.122. The van der Waals surface area contributed by atoms with E-state index >= 15 is 0 Å². The highest BCUT2D eigenvalue weighted by molar-refractivity contribution is 6.30. The predicted molar refractivity (Wildman–Crippen MR) is 114 cm³/mol. The van der Waals surface area contributed by atoms with Crippen LogP contribution in [0.1, 0.15) is 33.6 Å². The van der Waals surface area contributed by atoms with Crippen LogP contribution in [-0.4, -0.2) is 28.1 Å². The zero-order chi connectivity index (χ0) is 20.1. The second kappa shape index (κ2) is 9.11. The number of carbonyl (C=O) groups excluding carboxylic acids is 1. The molecule has 0 saturated carbocycles. The SMILES string of the molecule is CCCCOc1ccc2c(c1)nc(-c1cccc(Cl)c1)n2CC(=O)NC(C)C. The van der Waals surface area contributed by atoms with Gasteiger partial charge in [0.1, 0.15) is 18.1 Å². The van der Waals surface area contributed by atoms with Gasteiger partial charge in [-0.3, -0.25) is 4.79 Å². The van der Waals surface area contributed by atoms with Crippen LogP contribution in [0, 0.1) is 0 Å². The van der Waals surface area contributed by atoms with Crippen LogP contribution in [0.15, 0.2) is 42.5 Å². The zero-order valence-corrected chi connectivity index (χ0v) is 17.3. The lowest BCUT2D eigenvalue weighted by Crippen LogP contribution is -2.33. The van der Waals surface area contributed by atoms with Crippen molar-refractivity contribution in [3.05, 3.63) is 47.5 Å². The van der Waals surface area contributed by atoms with Crippen molar-refractivity contribution in [1.82, 2.24) is 14.9 Å². The summed E-state index contributed by atoms with van der Waals surface area (Å²) in [6, 6.07) is 13.4. The van der Waals surface area contributed by atoms with Gasteiger partial charge in [0, 0.05) is 22.7 Å². The Morgan fingerprint density at radius 1 is 1.25 bits per heavy atom. The molecule has 0 aliphatic carbocycles. The highest BCUT2D eigenvalue weighted by Gasteiger charge is 2.16. The Labute approximate surface area is 170 Å². The molecule has 1 aromatic heterocycles. The Hall–Kier alpha value is -2.53. The summed E-state index contributed by atoms with van der Waals surface area (Å²) in [4.78, 5) is 17.2. The number of unbranched alkanes of at least 4 members (excludes halogenated alkanes) is 1. The van der Waals surface area contributed by atoms with Gasteiger partial charge in [0.25, 0.3) is 0 Å². The lowest BCUT2D eigenvalue weighted by Gasteiger charge is -2.12. The topological polar surface area (TPSA) is 56.2 Å². The fraction of sp³-hybridized carbons (Fsp3) is 0.364. The van der Waals surface area contributed by atoms with Gasteiger partial charge in [0.15, 0.2) is 0 Å². The van der Waals surface area contributed by atoms with E-state index in [4.69, 9.17) is 21.3 Å². The molecule has 0 unspecified atom stereocenters. The number of imidazole rings is 1. The van der Waals surface area contributed by atoms with Gasteiger partial charge in [0.2, 0.25) is 5.91 Å². The molecule has 148 valence electrons. The molecule has 1 N–H and O–H groups in total. The molecule has 3 aromatic rings. The first-order valence-electron chi connectivity index (χ1n) is 9.66. The summed E-state index contributed by atoms with van der Waals surface area (Å²) < 4.78 is 7.74. The van der Waals surface area contributed by atoms with Gasteiger partial charge >= 0.3 is 0 Å². The van der Waals surface area contributed by atoms with Crippen LogP contribution in [0.25, 0.3) is 22.4 Å². The number of nitrogens with zero attached hydrogens (tertiary/aromatic N) is 2. The normalized spacial score (nSPS) is 11.2. The lowest BCUT2D eigenvalue weighted by atomic mass is 10.2. The van der Waals surface area contributed by atoms with Crippen molar-refractivity contribution in [3.8, 4) is 17.1 Å². The molecule has 0 aliphatic rings. The Morgan fingerprint density at radius 3 is 2.79 bits per heavy atom. The van der Waals surface area contributed by atoms with Crippen LogP contribution >= 0.6 is 11.6 Å². The van der Waals surface area contributed by atoms with Gasteiger partial charge in [-0.15, -0.1) is 0 Å². The van der Waals surface area contributed by atoms with E-state index in [2.05, 4.69) is 12.2 Å². The second-order valence-electron chi connectivity index (χ2n) is 7.11. The summed E-state index contributed by atoms with van der Waals surface area (Å²) in [7, 11) is 0. The number of carbonyl (C=O) groups is 1. The Morgan fingerprint density at radius 2 is 2.07 bits per heavy atom. The Balaban J connectivity index is 2.02. The van der Waals surface area contributed by atoms with Crippen molar-refractivity contribution in [2.75, 3.05) is 6.61 Å². The van der Waals surface area contributed by atoms with Crippen LogP contribution in [-0.2, 0) is 11.3 Å². The maximum atomic E-state index is 12.4. The third-order valence-corrected chi connectivity index (χ3v) is 4.56. The van der Waals surface area contributed by atoms with Crippen molar-refractivity contribution in [2.24, 2.45) is 0 Å². The number of fused-ring (bicyclic) bond motifs is 1. The first-order chi connectivity index (χ1) is 13.5. The van der Waals surface area contributed by atoms with Crippen LogP contribution in [0.5, 0.6) is 5.75 Å². The number of nitrogens with one attached hydrogen (secondary N) is 1. The number of ether oxygens (including phenoxy) is 1. The molecular weight excluding hydrogens is 374 g/mol. The van der Waals surface area contributed by atoms with E-state index in [9.17, 15) is 4.79 Å². The highest BCUT2D eigenvalue weighted by atomic mass is 35.5. The monoisotopic (exact) mass is 399 g/mol. The van der Waals surface area contributed by atoms with Crippen molar-refractivity contribution in [3.63, 3.8) is 0 Å². The van der Waals surface area contributed by atoms with Gasteiger partial charge in [-0.1, -0.05) is 37.1 Å². The first kappa shape index (κ1) is 20.2. The van der Waals surface area contributed by atoms with Crippen molar-refractivity contribution in [1.29, 1.82) is 0 Å². The Bertz CT molecular complexity index is 966. The van der Waals surface area contributed by atoms with E-state index in [1.165, 1.54) is 0 Å². The molecule has 2 aromatic carbocycles. The molecule has 1 amide bonds. The molecule has 0 radical (unpaired) electrons. The number of amides is 1. The molecule has 1 heterocycles. The van der Waals surface area contributed by atoms with E-state index in [1.807, 2.05) is 60.9 Å². The summed E-state index contributed by atoms with van der Waals surface area (Å²) >= 11 is 6.18. The van der Waals surface area contributed by atoms with Gasteiger partial charge in [-0.2, -0.15) is 0 Å². The van der Waals surface area contributed by atoms with E-state index in [0.717, 1.165) is 35.2 Å². The number of benzene rings is 2. The molecule has 0 aliphatic heterocycles. The summed E-state index contributed by atoms with van der Waals surface area (Å²) in [6.07, 6.45) is 2.09. The average molecular weight is 400 g/mol. The van der Waals surface area contributed by atoms with E-state index in [0.29, 0.717) is 17.5 Å². The molecule has 0 saturated heterocycles. The van der Waals surface area contributed by atoms with Crippen LogP contribution in [0.3, 0.4) is 0 Å². The fourth-order valence-corrected chi connectivity index (χ4v) is 3.24. The van der Waals surface area contributed by atoms with Crippen LogP contribution < -0.4 is 10.1 Å². The maximum absolute atomic E-state index is 12.4. The Kier molecular flexibility index (Phi) is 6.57. The largest absolute Gasteiger partial charge is 0.494 e. The van der Waals surface area contributed by atoms with Crippen molar-refractivity contribution in [2.45, 2.75) is 46.2 Å². The third-order valence-electron chi connectivity index (χ3n) is 4.32. The fourth-order valence-electron chi connectivity index (χ4n) is 3.05. The molecule has 0 fully saturated rings.